The van der Waals surface area contributed by atoms with Crippen LogP contribution in [0.25, 0.3) is 0 Å². The first-order chi connectivity index (χ1) is 9.01. The molecule has 0 atom stereocenters. The number of nitrogens with two attached hydrogens (primary N) is 1. The molecule has 2 rings (SSSR count). The lowest BCUT2D eigenvalue weighted by Gasteiger charge is -2.16. The molecule has 0 fully saturated rings. The van der Waals surface area contributed by atoms with Crippen molar-refractivity contribution in [2.45, 2.75) is 26.9 Å². The van der Waals surface area contributed by atoms with Gasteiger partial charge in [0.2, 0.25) is 0 Å². The van der Waals surface area contributed by atoms with Crippen molar-refractivity contribution in [3.05, 3.63) is 29.6 Å². The zero-order valence-electron chi connectivity index (χ0n) is 11.3. The molecule has 0 aliphatic rings. The Hall–Kier alpha value is -2.31. The second kappa shape index (κ2) is 5.13. The summed E-state index contributed by atoms with van der Waals surface area (Å²) >= 11 is 0. The number of anilines is 1. The maximum atomic E-state index is 12.3. The third-order valence-corrected chi connectivity index (χ3v) is 2.85. The van der Waals surface area contributed by atoms with Crippen LogP contribution in [0.3, 0.4) is 0 Å². The average molecular weight is 262 g/mol. The fraction of sp³-hybridized carbons (Fsp3) is 0.417. The molecule has 0 radical (unpaired) electrons. The fourth-order valence-electron chi connectivity index (χ4n) is 1.91. The fourth-order valence-corrected chi connectivity index (χ4v) is 1.91. The molecular formula is C12H18N6O. The number of hydrogen-bond donors (Lipinski definition) is 2. The molecule has 0 aliphatic carbocycles. The smallest absolute Gasteiger partial charge is 0.270 e. The van der Waals surface area contributed by atoms with E-state index in [-0.39, 0.29) is 5.91 Å². The Balaban J connectivity index is 2.14. The van der Waals surface area contributed by atoms with Crippen molar-refractivity contribution in [3.8, 4) is 0 Å². The second-order valence-corrected chi connectivity index (χ2v) is 4.44. The summed E-state index contributed by atoms with van der Waals surface area (Å²) in [6.07, 6.45) is 1.76. The molecule has 7 heteroatoms. The molecule has 0 saturated carbocycles. The minimum Gasteiger partial charge on any atom is -0.397 e. The standard InChI is InChI=1S/C12H18N6O/c1-4-18-6-9(13)5-10(18)12(19)17(3)7-11-14-8(2)15-16-11/h5-6H,4,7,13H2,1-3H3,(H,14,15,16). The van der Waals surface area contributed by atoms with Gasteiger partial charge in [-0.3, -0.25) is 9.89 Å². The van der Waals surface area contributed by atoms with E-state index in [1.165, 1.54) is 0 Å². The number of hydrogen-bond acceptors (Lipinski definition) is 4. The lowest BCUT2D eigenvalue weighted by molar-refractivity contribution is 0.0771. The largest absolute Gasteiger partial charge is 0.397 e. The number of aromatic nitrogens is 4. The van der Waals surface area contributed by atoms with E-state index in [9.17, 15) is 4.79 Å². The number of nitrogens with one attached hydrogen (secondary N) is 1. The third-order valence-electron chi connectivity index (χ3n) is 2.85. The van der Waals surface area contributed by atoms with Crippen molar-refractivity contribution >= 4 is 11.6 Å². The highest BCUT2D eigenvalue weighted by Gasteiger charge is 2.18. The molecule has 0 spiro atoms. The number of carbonyl (C=O) groups excluding carboxylic acids is 1. The maximum absolute atomic E-state index is 12.3. The van der Waals surface area contributed by atoms with Gasteiger partial charge < -0.3 is 15.2 Å². The van der Waals surface area contributed by atoms with Crippen LogP contribution in [0.2, 0.25) is 0 Å². The van der Waals surface area contributed by atoms with E-state index in [1.54, 1.807) is 24.2 Å². The molecule has 3 N–H and O–H groups in total. The Bertz CT molecular complexity index is 585. The number of amides is 1. The van der Waals surface area contributed by atoms with Crippen molar-refractivity contribution in [2.24, 2.45) is 0 Å². The van der Waals surface area contributed by atoms with Crippen LogP contribution in [-0.4, -0.2) is 37.6 Å². The summed E-state index contributed by atoms with van der Waals surface area (Å²) in [5.74, 6) is 1.23. The van der Waals surface area contributed by atoms with Crippen LogP contribution in [0, 0.1) is 6.92 Å². The number of aromatic amines is 1. The van der Waals surface area contributed by atoms with Crippen molar-refractivity contribution < 1.29 is 4.79 Å². The van der Waals surface area contributed by atoms with Crippen LogP contribution in [-0.2, 0) is 13.1 Å². The van der Waals surface area contributed by atoms with Crippen LogP contribution in [0.15, 0.2) is 12.3 Å². The van der Waals surface area contributed by atoms with E-state index in [4.69, 9.17) is 5.73 Å². The Morgan fingerprint density at radius 2 is 2.32 bits per heavy atom. The van der Waals surface area contributed by atoms with E-state index in [0.29, 0.717) is 30.3 Å². The second-order valence-electron chi connectivity index (χ2n) is 4.44. The molecule has 2 aromatic rings. The van der Waals surface area contributed by atoms with Crippen LogP contribution in [0.4, 0.5) is 5.69 Å². The lowest BCUT2D eigenvalue weighted by Crippen LogP contribution is -2.28. The van der Waals surface area contributed by atoms with Gasteiger partial charge in [-0.25, -0.2) is 4.98 Å². The van der Waals surface area contributed by atoms with Gasteiger partial charge in [-0.15, -0.1) is 0 Å². The summed E-state index contributed by atoms with van der Waals surface area (Å²) in [7, 11) is 1.72. The lowest BCUT2D eigenvalue weighted by atomic mass is 10.3. The quantitative estimate of drug-likeness (QED) is 0.852. The Kier molecular flexibility index (Phi) is 3.55. The zero-order chi connectivity index (χ0) is 14.0. The van der Waals surface area contributed by atoms with E-state index < -0.39 is 0 Å². The normalized spacial score (nSPS) is 10.7. The van der Waals surface area contributed by atoms with Crippen molar-refractivity contribution in [1.82, 2.24) is 24.6 Å². The van der Waals surface area contributed by atoms with E-state index in [0.717, 1.165) is 5.82 Å². The van der Waals surface area contributed by atoms with Crippen LogP contribution in [0.1, 0.15) is 29.1 Å². The molecule has 2 aromatic heterocycles. The van der Waals surface area contributed by atoms with Gasteiger partial charge in [0.25, 0.3) is 5.91 Å². The summed E-state index contributed by atoms with van der Waals surface area (Å²) in [6.45, 7) is 4.85. The molecule has 1 amide bonds. The minimum absolute atomic E-state index is 0.0963. The first kappa shape index (κ1) is 13.1. The minimum atomic E-state index is -0.0963. The predicted octanol–water partition coefficient (Wildman–Crippen LogP) is 0.789. The average Bonchev–Trinajstić information content (AvgIpc) is 2.94. The highest BCUT2D eigenvalue weighted by molar-refractivity contribution is 5.93. The van der Waals surface area contributed by atoms with Gasteiger partial charge in [0.15, 0.2) is 5.82 Å². The first-order valence-electron chi connectivity index (χ1n) is 6.10. The van der Waals surface area contributed by atoms with Gasteiger partial charge >= 0.3 is 0 Å². The van der Waals surface area contributed by atoms with Crippen molar-refractivity contribution in [3.63, 3.8) is 0 Å². The number of H-pyrrole nitrogens is 1. The molecule has 0 aromatic carbocycles. The summed E-state index contributed by atoms with van der Waals surface area (Å²) in [5, 5.41) is 6.77. The molecule has 0 bridgehead atoms. The predicted molar refractivity (Wildman–Crippen MR) is 71.4 cm³/mol. The van der Waals surface area contributed by atoms with Gasteiger partial charge in [-0.2, -0.15) is 5.10 Å². The Morgan fingerprint density at radius 1 is 1.58 bits per heavy atom. The number of nitrogen functional groups attached to an aromatic ring is 1. The third kappa shape index (κ3) is 2.75. The van der Waals surface area contributed by atoms with Crippen LogP contribution < -0.4 is 5.73 Å². The van der Waals surface area contributed by atoms with E-state index >= 15 is 0 Å². The molecule has 0 saturated heterocycles. The number of rotatable bonds is 4. The summed E-state index contributed by atoms with van der Waals surface area (Å²) < 4.78 is 1.83. The molecule has 2 heterocycles. The van der Waals surface area contributed by atoms with E-state index in [1.807, 2.05) is 18.4 Å². The maximum Gasteiger partial charge on any atom is 0.270 e. The monoisotopic (exact) mass is 262 g/mol. The highest BCUT2D eigenvalue weighted by atomic mass is 16.2. The number of nitrogens with zero attached hydrogens (tertiary/aromatic N) is 4. The van der Waals surface area contributed by atoms with Gasteiger partial charge in [0.05, 0.1) is 12.2 Å². The van der Waals surface area contributed by atoms with Crippen molar-refractivity contribution in [2.75, 3.05) is 12.8 Å². The summed E-state index contributed by atoms with van der Waals surface area (Å²) in [4.78, 5) is 18.1. The molecule has 19 heavy (non-hydrogen) atoms. The van der Waals surface area contributed by atoms with Crippen LogP contribution >= 0.6 is 0 Å². The van der Waals surface area contributed by atoms with Gasteiger partial charge in [0.1, 0.15) is 11.5 Å². The number of carbonyl (C=O) groups is 1. The molecule has 7 nitrogen and oxygen atoms in total. The molecule has 102 valence electrons. The topological polar surface area (TPSA) is 92.8 Å². The number of aryl methyl sites for hydroxylation is 2. The van der Waals surface area contributed by atoms with Gasteiger partial charge in [-0.1, -0.05) is 0 Å². The highest BCUT2D eigenvalue weighted by Crippen LogP contribution is 2.13. The Labute approximate surface area is 111 Å². The molecule has 0 aliphatic heterocycles. The van der Waals surface area contributed by atoms with E-state index in [2.05, 4.69) is 15.2 Å². The van der Waals surface area contributed by atoms with Gasteiger partial charge in [0, 0.05) is 19.8 Å². The summed E-state index contributed by atoms with van der Waals surface area (Å²) in [6, 6.07) is 1.69. The first-order valence-corrected chi connectivity index (χ1v) is 6.10. The van der Waals surface area contributed by atoms with Crippen molar-refractivity contribution in [1.29, 1.82) is 0 Å². The van der Waals surface area contributed by atoms with Gasteiger partial charge in [-0.05, 0) is 19.9 Å². The SMILES string of the molecule is CCn1cc(N)cc1C(=O)N(C)Cc1n[nH]c(C)n1. The zero-order valence-corrected chi connectivity index (χ0v) is 11.3. The molecule has 0 unspecified atom stereocenters. The van der Waals surface area contributed by atoms with Crippen LogP contribution in [0.5, 0.6) is 0 Å². The molecular weight excluding hydrogens is 244 g/mol. The summed E-state index contributed by atoms with van der Waals surface area (Å²) in [5.41, 5.74) is 6.90. The Morgan fingerprint density at radius 3 is 2.89 bits per heavy atom.